The minimum atomic E-state index is -0.854. The van der Waals surface area contributed by atoms with Gasteiger partial charge in [-0.3, -0.25) is 0 Å². The lowest BCUT2D eigenvalue weighted by Crippen LogP contribution is -1.99. The maximum Gasteiger partial charge on any atom is 0.175 e. The van der Waals surface area contributed by atoms with Gasteiger partial charge in [-0.15, -0.1) is 0 Å². The van der Waals surface area contributed by atoms with Crippen LogP contribution in [-0.4, -0.2) is 19.8 Å². The molecule has 1 rings (SSSR count). The summed E-state index contributed by atoms with van der Waals surface area (Å²) in [5, 5.41) is 0. The third-order valence-electron chi connectivity index (χ3n) is 2.37. The molecule has 0 amide bonds. The molecule has 102 valence electrons. The molecule has 18 heavy (non-hydrogen) atoms. The molecule has 0 aliphatic carbocycles. The Morgan fingerprint density at radius 2 is 1.67 bits per heavy atom. The van der Waals surface area contributed by atoms with Crippen molar-refractivity contribution < 1.29 is 13.8 Å². The van der Waals surface area contributed by atoms with Crippen LogP contribution in [0.15, 0.2) is 18.2 Å². The van der Waals surface area contributed by atoms with Crippen LogP contribution in [0.4, 0.5) is 0 Å². The molecular weight excluding hydrogens is 247 g/mol. The lowest BCUT2D eigenvalue weighted by atomic mass is 10.1. The molecule has 1 aromatic rings. The van der Waals surface area contributed by atoms with Crippen LogP contribution in [-0.2, 0) is 15.2 Å². The van der Waals surface area contributed by atoms with Gasteiger partial charge < -0.3 is 13.8 Å². The van der Waals surface area contributed by atoms with Crippen LogP contribution in [0.25, 0.3) is 0 Å². The third-order valence-corrected chi connectivity index (χ3v) is 4.06. The van der Waals surface area contributed by atoms with Crippen molar-refractivity contribution in [1.29, 1.82) is 0 Å². The maximum atomic E-state index is 5.67. The lowest BCUT2D eigenvalue weighted by molar-refractivity contribution is 0.267. The third kappa shape index (κ3) is 4.93. The fourth-order valence-corrected chi connectivity index (χ4v) is 3.01. The van der Waals surface area contributed by atoms with Crippen LogP contribution < -0.4 is 4.74 Å². The van der Waals surface area contributed by atoms with Gasteiger partial charge in [0.05, 0.1) is 19.8 Å². The summed E-state index contributed by atoms with van der Waals surface area (Å²) in [5.41, 5.74) is 2.37. The molecule has 3 nitrogen and oxygen atoms in total. The van der Waals surface area contributed by atoms with Crippen molar-refractivity contribution in [3.05, 3.63) is 29.3 Å². The predicted molar refractivity (Wildman–Crippen MR) is 76.2 cm³/mol. The molecule has 0 radical (unpaired) electrons. The molecule has 0 heterocycles. The molecule has 0 fully saturated rings. The molecule has 0 aromatic heterocycles. The molecule has 0 aliphatic heterocycles. The second-order valence-electron chi connectivity index (χ2n) is 3.87. The fourth-order valence-electron chi connectivity index (χ4n) is 1.64. The predicted octanol–water partition coefficient (Wildman–Crippen LogP) is 4.28. The van der Waals surface area contributed by atoms with E-state index < -0.39 is 8.38 Å². The molecular formula is C14H23O3P. The highest BCUT2D eigenvalue weighted by Gasteiger charge is 2.14. The second kappa shape index (κ2) is 8.47. The Labute approximate surface area is 111 Å². The van der Waals surface area contributed by atoms with Crippen molar-refractivity contribution in [3.63, 3.8) is 0 Å². The molecule has 0 bridgehead atoms. The van der Waals surface area contributed by atoms with Gasteiger partial charge in [-0.2, -0.15) is 0 Å². The van der Waals surface area contributed by atoms with E-state index >= 15 is 0 Å². The summed E-state index contributed by atoms with van der Waals surface area (Å²) < 4.78 is 16.9. The van der Waals surface area contributed by atoms with E-state index in [4.69, 9.17) is 13.8 Å². The normalized spacial score (nSPS) is 10.9. The van der Waals surface area contributed by atoms with Crippen molar-refractivity contribution in [3.8, 4) is 5.75 Å². The van der Waals surface area contributed by atoms with Gasteiger partial charge in [0.15, 0.2) is 8.38 Å². The first-order chi connectivity index (χ1) is 8.71. The standard InChI is InChI=1S/C14H23O3P/c1-5-15-14-10-12(4)8-9-13(14)11-18(16-6-2)17-7-3/h8-10H,5-7,11H2,1-4H3. The van der Waals surface area contributed by atoms with Crippen molar-refractivity contribution in [2.75, 3.05) is 19.8 Å². The summed E-state index contributed by atoms with van der Waals surface area (Å²) in [6.45, 7) is 10.1. The Morgan fingerprint density at radius 3 is 2.22 bits per heavy atom. The van der Waals surface area contributed by atoms with Crippen LogP contribution in [0.1, 0.15) is 31.9 Å². The van der Waals surface area contributed by atoms with Gasteiger partial charge in [0, 0.05) is 11.7 Å². The average molecular weight is 270 g/mol. The van der Waals surface area contributed by atoms with Crippen molar-refractivity contribution in [2.24, 2.45) is 0 Å². The van der Waals surface area contributed by atoms with E-state index in [0.717, 1.165) is 17.5 Å². The maximum absolute atomic E-state index is 5.67. The molecule has 0 saturated carbocycles. The quantitative estimate of drug-likeness (QED) is 0.660. The van der Waals surface area contributed by atoms with E-state index in [-0.39, 0.29) is 0 Å². The summed E-state index contributed by atoms with van der Waals surface area (Å²) in [5.74, 6) is 0.949. The first-order valence-corrected chi connectivity index (χ1v) is 7.83. The van der Waals surface area contributed by atoms with E-state index in [1.165, 1.54) is 5.56 Å². The Kier molecular flexibility index (Phi) is 7.26. The van der Waals surface area contributed by atoms with E-state index in [9.17, 15) is 0 Å². The van der Waals surface area contributed by atoms with Gasteiger partial charge in [-0.05, 0) is 39.3 Å². The van der Waals surface area contributed by atoms with Gasteiger partial charge in [0.2, 0.25) is 0 Å². The average Bonchev–Trinajstić information content (AvgIpc) is 2.33. The van der Waals surface area contributed by atoms with E-state index in [2.05, 4.69) is 25.1 Å². The van der Waals surface area contributed by atoms with E-state index in [1.807, 2.05) is 20.8 Å². The highest BCUT2D eigenvalue weighted by atomic mass is 31.2. The lowest BCUT2D eigenvalue weighted by Gasteiger charge is -2.18. The van der Waals surface area contributed by atoms with Crippen molar-refractivity contribution >= 4 is 8.38 Å². The summed E-state index contributed by atoms with van der Waals surface area (Å²) >= 11 is 0. The fraction of sp³-hybridized carbons (Fsp3) is 0.571. The van der Waals surface area contributed by atoms with Gasteiger partial charge >= 0.3 is 0 Å². The highest BCUT2D eigenvalue weighted by Crippen LogP contribution is 2.43. The first-order valence-electron chi connectivity index (χ1n) is 6.46. The Hall–Kier alpha value is -0.630. The van der Waals surface area contributed by atoms with Crippen LogP contribution in [0.3, 0.4) is 0 Å². The molecule has 0 spiro atoms. The largest absolute Gasteiger partial charge is 0.494 e. The van der Waals surface area contributed by atoms with Gasteiger partial charge in [-0.1, -0.05) is 12.1 Å². The molecule has 4 heteroatoms. The van der Waals surface area contributed by atoms with Crippen LogP contribution in [0.2, 0.25) is 0 Å². The summed E-state index contributed by atoms with van der Waals surface area (Å²) in [4.78, 5) is 0. The summed E-state index contributed by atoms with van der Waals surface area (Å²) in [6, 6.07) is 6.28. The molecule has 0 aliphatic rings. The number of benzene rings is 1. The second-order valence-corrected chi connectivity index (χ2v) is 5.37. The summed E-state index contributed by atoms with van der Waals surface area (Å²) in [7, 11) is -0.854. The Balaban J connectivity index is 2.79. The topological polar surface area (TPSA) is 27.7 Å². The monoisotopic (exact) mass is 270 g/mol. The number of hydrogen-bond donors (Lipinski definition) is 0. The van der Waals surface area contributed by atoms with Gasteiger partial charge in [0.25, 0.3) is 0 Å². The van der Waals surface area contributed by atoms with Crippen LogP contribution in [0, 0.1) is 6.92 Å². The molecule has 1 aromatic carbocycles. The Bertz CT molecular complexity index is 349. The molecule has 0 saturated heterocycles. The molecule has 0 unspecified atom stereocenters. The minimum Gasteiger partial charge on any atom is -0.494 e. The number of rotatable bonds is 8. The Morgan fingerprint density at radius 1 is 1.00 bits per heavy atom. The van der Waals surface area contributed by atoms with Crippen molar-refractivity contribution in [2.45, 2.75) is 33.9 Å². The molecule has 0 N–H and O–H groups in total. The van der Waals surface area contributed by atoms with Crippen molar-refractivity contribution in [1.82, 2.24) is 0 Å². The molecule has 0 atom stereocenters. The minimum absolute atomic E-state index is 0.678. The first kappa shape index (κ1) is 15.4. The van der Waals surface area contributed by atoms with E-state index in [1.54, 1.807) is 0 Å². The number of ether oxygens (including phenoxy) is 1. The zero-order chi connectivity index (χ0) is 13.4. The smallest absolute Gasteiger partial charge is 0.175 e. The summed E-state index contributed by atoms with van der Waals surface area (Å²) in [6.07, 6.45) is 0.784. The van der Waals surface area contributed by atoms with Crippen LogP contribution in [0.5, 0.6) is 5.75 Å². The SMILES string of the molecule is CCOc1cc(C)ccc1CP(OCC)OCC. The van der Waals surface area contributed by atoms with Gasteiger partial charge in [-0.25, -0.2) is 0 Å². The zero-order valence-electron chi connectivity index (χ0n) is 11.7. The van der Waals surface area contributed by atoms with Crippen LogP contribution >= 0.6 is 8.38 Å². The number of hydrogen-bond acceptors (Lipinski definition) is 3. The zero-order valence-corrected chi connectivity index (χ0v) is 12.6. The number of aryl methyl sites for hydroxylation is 1. The highest BCUT2D eigenvalue weighted by molar-refractivity contribution is 7.46. The van der Waals surface area contributed by atoms with Gasteiger partial charge in [0.1, 0.15) is 5.75 Å². The van der Waals surface area contributed by atoms with E-state index in [0.29, 0.717) is 19.8 Å².